The van der Waals surface area contributed by atoms with Crippen LogP contribution < -0.4 is 11.4 Å². The molecule has 0 unspecified atom stereocenters. The standard InChI is InChI=1S/C16H26N3O5P/c1-11(2)23-25(21,24-12(3)4)10-22-14-6-5-13(9-14)19-8-7-15(17)18-16(19)20/h5-8,11-14H,9-10H2,1-4H3,(H2,17,18,20)/t13-,14+/m0/s1. The Morgan fingerprint density at radius 1 is 1.28 bits per heavy atom. The van der Waals surface area contributed by atoms with E-state index < -0.39 is 13.3 Å². The van der Waals surface area contributed by atoms with Crippen LogP contribution in [0.25, 0.3) is 0 Å². The summed E-state index contributed by atoms with van der Waals surface area (Å²) in [6, 6.07) is 1.40. The predicted molar refractivity (Wildman–Crippen MR) is 95.5 cm³/mol. The average molecular weight is 371 g/mol. The van der Waals surface area contributed by atoms with Crippen molar-refractivity contribution >= 4 is 13.4 Å². The van der Waals surface area contributed by atoms with Crippen molar-refractivity contribution in [3.05, 3.63) is 34.9 Å². The second-order valence-corrected chi connectivity index (χ2v) is 8.39. The molecule has 25 heavy (non-hydrogen) atoms. The van der Waals surface area contributed by atoms with Gasteiger partial charge in [-0.25, -0.2) is 4.79 Å². The van der Waals surface area contributed by atoms with Crippen LogP contribution in [0.15, 0.2) is 29.2 Å². The number of hydrogen-bond donors (Lipinski definition) is 1. The van der Waals surface area contributed by atoms with Crippen molar-refractivity contribution in [2.45, 2.75) is 58.5 Å². The molecule has 0 fully saturated rings. The lowest BCUT2D eigenvalue weighted by atomic mass is 10.2. The van der Waals surface area contributed by atoms with Gasteiger partial charge in [0.25, 0.3) is 0 Å². The number of hydrogen-bond acceptors (Lipinski definition) is 7. The first-order valence-electron chi connectivity index (χ1n) is 8.29. The van der Waals surface area contributed by atoms with Crippen molar-refractivity contribution in [3.8, 4) is 0 Å². The number of rotatable bonds is 8. The molecule has 0 saturated heterocycles. The molecule has 0 aliphatic heterocycles. The van der Waals surface area contributed by atoms with Gasteiger partial charge in [-0.2, -0.15) is 4.98 Å². The first-order valence-corrected chi connectivity index (χ1v) is 10.0. The Morgan fingerprint density at radius 3 is 2.48 bits per heavy atom. The first-order chi connectivity index (χ1) is 11.7. The summed E-state index contributed by atoms with van der Waals surface area (Å²) in [5.74, 6) is 0.189. The smallest absolute Gasteiger partial charge is 0.356 e. The highest BCUT2D eigenvalue weighted by atomic mass is 31.2. The van der Waals surface area contributed by atoms with Crippen LogP contribution in [0, 0.1) is 0 Å². The maximum Gasteiger partial charge on any atom is 0.356 e. The Bertz CT molecular complexity index is 702. The summed E-state index contributed by atoms with van der Waals surface area (Å²) in [5.41, 5.74) is 5.09. The van der Waals surface area contributed by atoms with Crippen LogP contribution in [-0.4, -0.2) is 34.2 Å². The molecule has 0 saturated carbocycles. The fraction of sp³-hybridized carbons (Fsp3) is 0.625. The number of allylic oxidation sites excluding steroid dienone is 1. The van der Waals surface area contributed by atoms with E-state index >= 15 is 0 Å². The largest absolute Gasteiger partial charge is 0.383 e. The van der Waals surface area contributed by atoms with Gasteiger partial charge in [-0.3, -0.25) is 9.13 Å². The fourth-order valence-corrected chi connectivity index (χ4v) is 4.40. The van der Waals surface area contributed by atoms with E-state index in [1.807, 2.05) is 12.2 Å². The third kappa shape index (κ3) is 5.78. The van der Waals surface area contributed by atoms with Crippen LogP contribution in [-0.2, 0) is 18.3 Å². The lowest BCUT2D eigenvalue weighted by Crippen LogP contribution is -2.26. The maximum absolute atomic E-state index is 12.8. The van der Waals surface area contributed by atoms with Gasteiger partial charge in [0.2, 0.25) is 0 Å². The van der Waals surface area contributed by atoms with E-state index in [1.165, 1.54) is 4.57 Å². The molecule has 8 nitrogen and oxygen atoms in total. The molecular formula is C16H26N3O5P. The van der Waals surface area contributed by atoms with E-state index in [-0.39, 0.29) is 36.5 Å². The third-order valence-corrected chi connectivity index (χ3v) is 5.37. The highest BCUT2D eigenvalue weighted by Gasteiger charge is 2.31. The SMILES string of the molecule is CC(C)OP(=O)(CO[C@@H]1C=C[C@H](n2ccc(N)nc2=O)C1)OC(C)C. The molecule has 0 spiro atoms. The Kier molecular flexibility index (Phi) is 6.57. The molecule has 2 rings (SSSR count). The molecule has 1 aromatic rings. The highest BCUT2D eigenvalue weighted by Crippen LogP contribution is 2.51. The van der Waals surface area contributed by atoms with Crippen LogP contribution in [0.1, 0.15) is 40.2 Å². The minimum Gasteiger partial charge on any atom is -0.383 e. The van der Waals surface area contributed by atoms with Crippen LogP contribution in [0.3, 0.4) is 0 Å². The minimum atomic E-state index is -3.35. The minimum absolute atomic E-state index is 0.139. The van der Waals surface area contributed by atoms with Gasteiger partial charge in [0.15, 0.2) is 0 Å². The normalized spacial score (nSPS) is 20.7. The first kappa shape index (κ1) is 19.8. The van der Waals surface area contributed by atoms with Gasteiger partial charge < -0.3 is 19.5 Å². The van der Waals surface area contributed by atoms with Gasteiger partial charge in [0.05, 0.1) is 24.4 Å². The summed E-state index contributed by atoms with van der Waals surface area (Å²) in [6.07, 6.45) is 4.95. The lowest BCUT2D eigenvalue weighted by molar-refractivity contribution is 0.0718. The van der Waals surface area contributed by atoms with Crippen molar-refractivity contribution in [2.24, 2.45) is 0 Å². The molecule has 0 amide bonds. The molecule has 9 heteroatoms. The van der Waals surface area contributed by atoms with E-state index in [2.05, 4.69) is 4.98 Å². The fourth-order valence-electron chi connectivity index (χ4n) is 2.57. The molecule has 1 aromatic heterocycles. The number of nitrogen functional groups attached to an aromatic ring is 1. The summed E-state index contributed by atoms with van der Waals surface area (Å²) in [5, 5.41) is 0. The highest BCUT2D eigenvalue weighted by molar-refractivity contribution is 7.53. The maximum atomic E-state index is 12.8. The summed E-state index contributed by atoms with van der Waals surface area (Å²) in [4.78, 5) is 15.6. The molecule has 2 N–H and O–H groups in total. The summed E-state index contributed by atoms with van der Waals surface area (Å²) in [7, 11) is -3.35. The van der Waals surface area contributed by atoms with Gasteiger partial charge in [-0.05, 0) is 33.8 Å². The van der Waals surface area contributed by atoms with E-state index in [0.29, 0.717) is 6.42 Å². The molecule has 140 valence electrons. The van der Waals surface area contributed by atoms with Crippen LogP contribution in [0.5, 0.6) is 0 Å². The zero-order valence-electron chi connectivity index (χ0n) is 15.0. The van der Waals surface area contributed by atoms with Crippen LogP contribution in [0.4, 0.5) is 5.82 Å². The summed E-state index contributed by atoms with van der Waals surface area (Å²) < 4.78 is 30.9. The topological polar surface area (TPSA) is 106 Å². The van der Waals surface area contributed by atoms with Gasteiger partial charge in [0, 0.05) is 12.6 Å². The Morgan fingerprint density at radius 2 is 1.92 bits per heavy atom. The second-order valence-electron chi connectivity index (χ2n) is 6.48. The Balaban J connectivity index is 1.97. The summed E-state index contributed by atoms with van der Waals surface area (Å²) >= 11 is 0. The van der Waals surface area contributed by atoms with Crippen molar-refractivity contribution in [2.75, 3.05) is 12.1 Å². The van der Waals surface area contributed by atoms with E-state index in [4.69, 9.17) is 19.5 Å². The number of nitrogens with two attached hydrogens (primary N) is 1. The number of aromatic nitrogens is 2. The Hall–Kier alpha value is -1.47. The third-order valence-electron chi connectivity index (χ3n) is 3.42. The van der Waals surface area contributed by atoms with Crippen LogP contribution in [0.2, 0.25) is 0 Å². The van der Waals surface area contributed by atoms with Crippen molar-refractivity contribution in [1.82, 2.24) is 9.55 Å². The number of ether oxygens (including phenoxy) is 1. The van der Waals surface area contributed by atoms with Crippen molar-refractivity contribution < 1.29 is 18.3 Å². The molecule has 0 aromatic carbocycles. The van der Waals surface area contributed by atoms with E-state index in [9.17, 15) is 9.36 Å². The second kappa shape index (κ2) is 8.27. The van der Waals surface area contributed by atoms with Crippen LogP contribution >= 0.6 is 7.60 Å². The lowest BCUT2D eigenvalue weighted by Gasteiger charge is -2.24. The van der Waals surface area contributed by atoms with Gasteiger partial charge in [-0.15, -0.1) is 0 Å². The van der Waals surface area contributed by atoms with Gasteiger partial charge in [0.1, 0.15) is 12.2 Å². The summed E-state index contributed by atoms with van der Waals surface area (Å²) in [6.45, 7) is 7.18. The molecule has 2 atom stereocenters. The Labute approximate surface area is 147 Å². The van der Waals surface area contributed by atoms with E-state index in [1.54, 1.807) is 40.0 Å². The zero-order chi connectivity index (χ0) is 18.6. The van der Waals surface area contributed by atoms with Gasteiger partial charge in [-0.1, -0.05) is 12.2 Å². The molecule has 0 bridgehead atoms. The van der Waals surface area contributed by atoms with E-state index in [0.717, 1.165) is 0 Å². The molecule has 1 aliphatic rings. The van der Waals surface area contributed by atoms with Gasteiger partial charge >= 0.3 is 13.3 Å². The molecule has 1 aliphatic carbocycles. The quantitative estimate of drug-likeness (QED) is 0.553. The number of nitrogens with zero attached hydrogens (tertiary/aromatic N) is 2. The molecular weight excluding hydrogens is 345 g/mol. The number of anilines is 1. The average Bonchev–Trinajstić information content (AvgIpc) is 2.92. The van der Waals surface area contributed by atoms with Crippen molar-refractivity contribution in [1.29, 1.82) is 0 Å². The zero-order valence-corrected chi connectivity index (χ0v) is 15.9. The predicted octanol–water partition coefficient (Wildman–Crippen LogP) is 2.71. The molecule has 0 radical (unpaired) electrons. The monoisotopic (exact) mass is 371 g/mol. The van der Waals surface area contributed by atoms with Crippen molar-refractivity contribution in [3.63, 3.8) is 0 Å². The molecule has 1 heterocycles.